The summed E-state index contributed by atoms with van der Waals surface area (Å²) in [7, 11) is 0. The summed E-state index contributed by atoms with van der Waals surface area (Å²) in [5.41, 5.74) is 0. The van der Waals surface area contributed by atoms with E-state index in [1.807, 2.05) is 0 Å². The number of esters is 1. The maximum atomic E-state index is 12.3. The number of carbonyl (C=O) groups excluding carboxylic acids is 1. The normalized spacial score (nSPS) is 12.2. The summed E-state index contributed by atoms with van der Waals surface area (Å²) in [5, 5.41) is 0. The number of ether oxygens (including phenoxy) is 1. The summed E-state index contributed by atoms with van der Waals surface area (Å²) >= 11 is 0. The second-order valence-corrected chi connectivity index (χ2v) is 12.0. The molecule has 2 nitrogen and oxygen atoms in total. The predicted octanol–water partition coefficient (Wildman–Crippen LogP) is 12.5. The van der Waals surface area contributed by atoms with E-state index in [9.17, 15) is 4.79 Å². The Balaban J connectivity index is 3.71. The van der Waals surface area contributed by atoms with Crippen LogP contribution in [-0.2, 0) is 9.53 Å². The Labute approximate surface area is 234 Å². The first kappa shape index (κ1) is 36.5. The van der Waals surface area contributed by atoms with Gasteiger partial charge in [0.15, 0.2) is 0 Å². The van der Waals surface area contributed by atoms with Crippen LogP contribution in [0.4, 0.5) is 0 Å². The lowest BCUT2D eigenvalue weighted by Gasteiger charge is -2.17. The molecule has 0 saturated heterocycles. The number of rotatable bonds is 31. The molecule has 0 fully saturated rings. The van der Waals surface area contributed by atoms with Crippen LogP contribution in [0.25, 0.3) is 0 Å². The number of unbranched alkanes of at least 4 members (excludes halogenated alkanes) is 23. The van der Waals surface area contributed by atoms with Crippen molar-refractivity contribution in [3.63, 3.8) is 0 Å². The second-order valence-electron chi connectivity index (χ2n) is 12.0. The lowest BCUT2D eigenvalue weighted by molar-refractivity contribution is -0.145. The Morgan fingerprint density at radius 2 is 0.730 bits per heavy atom. The summed E-state index contributed by atoms with van der Waals surface area (Å²) in [4.78, 5) is 12.3. The summed E-state index contributed by atoms with van der Waals surface area (Å²) in [6.45, 7) is 7.51. The zero-order valence-corrected chi connectivity index (χ0v) is 26.1. The van der Waals surface area contributed by atoms with E-state index in [0.29, 0.717) is 18.9 Å². The minimum Gasteiger partial charge on any atom is -0.465 e. The van der Waals surface area contributed by atoms with Crippen LogP contribution in [0.5, 0.6) is 0 Å². The first-order chi connectivity index (χ1) is 18.2. The summed E-state index contributed by atoms with van der Waals surface area (Å²) in [6, 6.07) is 0. The Hall–Kier alpha value is -0.530. The fraction of sp³-hybridized carbons (Fsp3) is 0.971. The summed E-state index contributed by atoms with van der Waals surface area (Å²) in [6.07, 6.45) is 38.3. The van der Waals surface area contributed by atoms with Gasteiger partial charge in [0.25, 0.3) is 0 Å². The molecule has 0 aliphatic carbocycles. The van der Waals surface area contributed by atoms with E-state index in [-0.39, 0.29) is 5.97 Å². The molecular formula is C35H70O2. The first-order valence-electron chi connectivity index (χ1n) is 17.4. The molecule has 0 N–H and O–H groups in total. The molecule has 1 unspecified atom stereocenters. The van der Waals surface area contributed by atoms with Gasteiger partial charge in [0.1, 0.15) is 0 Å². The highest BCUT2D eigenvalue weighted by atomic mass is 16.5. The molecule has 2 heteroatoms. The average Bonchev–Trinajstić information content (AvgIpc) is 2.90. The van der Waals surface area contributed by atoms with Gasteiger partial charge < -0.3 is 4.74 Å². The monoisotopic (exact) mass is 523 g/mol. The Morgan fingerprint density at radius 3 is 1.08 bits per heavy atom. The van der Waals surface area contributed by atoms with Crippen molar-refractivity contribution in [1.82, 2.24) is 0 Å². The highest BCUT2D eigenvalue weighted by molar-refractivity contribution is 5.69. The molecule has 0 amide bonds. The van der Waals surface area contributed by atoms with E-state index in [1.165, 1.54) is 173 Å². The highest BCUT2D eigenvalue weighted by Crippen LogP contribution is 2.20. The molecule has 1 atom stereocenters. The van der Waals surface area contributed by atoms with E-state index in [2.05, 4.69) is 20.8 Å². The van der Waals surface area contributed by atoms with E-state index in [1.54, 1.807) is 0 Å². The zero-order chi connectivity index (χ0) is 27.1. The maximum absolute atomic E-state index is 12.3. The first-order valence-corrected chi connectivity index (χ1v) is 17.4. The second kappa shape index (κ2) is 31.7. The van der Waals surface area contributed by atoms with Crippen LogP contribution >= 0.6 is 0 Å². The number of carbonyl (C=O) groups is 1. The van der Waals surface area contributed by atoms with Crippen LogP contribution in [0.2, 0.25) is 0 Å². The van der Waals surface area contributed by atoms with Gasteiger partial charge in [-0.1, -0.05) is 181 Å². The lowest BCUT2D eigenvalue weighted by Crippen LogP contribution is -2.14. The zero-order valence-electron chi connectivity index (χ0n) is 26.1. The van der Waals surface area contributed by atoms with Gasteiger partial charge in [-0.15, -0.1) is 0 Å². The molecule has 0 aromatic heterocycles. The maximum Gasteiger partial charge on any atom is 0.305 e. The molecule has 0 rings (SSSR count). The quantitative estimate of drug-likeness (QED) is 0.0668. The van der Waals surface area contributed by atoms with E-state index < -0.39 is 0 Å². The molecule has 0 aliphatic heterocycles. The van der Waals surface area contributed by atoms with Crippen molar-refractivity contribution in [2.75, 3.05) is 6.61 Å². The molecule has 0 aromatic carbocycles. The van der Waals surface area contributed by atoms with Gasteiger partial charge in [-0.05, 0) is 25.2 Å². The van der Waals surface area contributed by atoms with Crippen LogP contribution < -0.4 is 0 Å². The summed E-state index contributed by atoms with van der Waals surface area (Å²) in [5.74, 6) is 0.631. The van der Waals surface area contributed by atoms with Gasteiger partial charge in [-0.25, -0.2) is 0 Å². The van der Waals surface area contributed by atoms with Crippen molar-refractivity contribution in [3.8, 4) is 0 Å². The molecule has 37 heavy (non-hydrogen) atoms. The van der Waals surface area contributed by atoms with E-state index in [4.69, 9.17) is 4.74 Å². The third kappa shape index (κ3) is 29.9. The Morgan fingerprint density at radius 1 is 0.432 bits per heavy atom. The minimum absolute atomic E-state index is 0.0497. The van der Waals surface area contributed by atoms with Gasteiger partial charge >= 0.3 is 5.97 Å². The van der Waals surface area contributed by atoms with Crippen LogP contribution in [0.3, 0.4) is 0 Å². The van der Waals surface area contributed by atoms with E-state index in [0.717, 1.165) is 6.42 Å². The summed E-state index contributed by atoms with van der Waals surface area (Å²) < 4.78 is 5.76. The lowest BCUT2D eigenvalue weighted by atomic mass is 9.95. The molecule has 0 aliphatic rings. The van der Waals surface area contributed by atoms with Gasteiger partial charge in [-0.3, -0.25) is 4.79 Å². The highest BCUT2D eigenvalue weighted by Gasteiger charge is 2.12. The fourth-order valence-corrected chi connectivity index (χ4v) is 5.48. The number of hydrogen-bond acceptors (Lipinski definition) is 2. The standard InChI is InChI=1S/C35H70O2/c1-4-7-10-13-15-16-17-18-19-20-21-22-23-26-29-32-35(36)37-33-34(30-27-24-12-9-6-3)31-28-25-14-11-8-5-2/h34H,4-33H2,1-3H3. The molecule has 222 valence electrons. The molecule has 0 heterocycles. The molecule has 0 aromatic rings. The third-order valence-electron chi connectivity index (χ3n) is 8.15. The van der Waals surface area contributed by atoms with Gasteiger partial charge in [-0.2, -0.15) is 0 Å². The molecular weight excluding hydrogens is 452 g/mol. The molecule has 0 bridgehead atoms. The van der Waals surface area contributed by atoms with Crippen LogP contribution in [0.1, 0.15) is 207 Å². The average molecular weight is 523 g/mol. The predicted molar refractivity (Wildman–Crippen MR) is 165 cm³/mol. The van der Waals surface area contributed by atoms with E-state index >= 15 is 0 Å². The van der Waals surface area contributed by atoms with Crippen molar-refractivity contribution in [2.24, 2.45) is 5.92 Å². The molecule has 0 spiro atoms. The van der Waals surface area contributed by atoms with Crippen molar-refractivity contribution < 1.29 is 9.53 Å². The number of hydrogen-bond donors (Lipinski definition) is 0. The van der Waals surface area contributed by atoms with Gasteiger partial charge in [0.2, 0.25) is 0 Å². The Kier molecular flexibility index (Phi) is 31.2. The van der Waals surface area contributed by atoms with Gasteiger partial charge in [0, 0.05) is 6.42 Å². The van der Waals surface area contributed by atoms with Crippen molar-refractivity contribution >= 4 is 5.97 Å². The topological polar surface area (TPSA) is 26.3 Å². The van der Waals surface area contributed by atoms with Crippen LogP contribution in [-0.4, -0.2) is 12.6 Å². The van der Waals surface area contributed by atoms with Crippen molar-refractivity contribution in [2.45, 2.75) is 207 Å². The minimum atomic E-state index is 0.0497. The third-order valence-corrected chi connectivity index (χ3v) is 8.15. The largest absolute Gasteiger partial charge is 0.465 e. The van der Waals surface area contributed by atoms with Crippen LogP contribution in [0.15, 0.2) is 0 Å². The van der Waals surface area contributed by atoms with Crippen molar-refractivity contribution in [3.05, 3.63) is 0 Å². The van der Waals surface area contributed by atoms with Crippen LogP contribution in [0, 0.1) is 5.92 Å². The van der Waals surface area contributed by atoms with Crippen molar-refractivity contribution in [1.29, 1.82) is 0 Å². The Bertz CT molecular complexity index is 433. The fourth-order valence-electron chi connectivity index (χ4n) is 5.48. The molecule has 0 radical (unpaired) electrons. The smallest absolute Gasteiger partial charge is 0.305 e. The SMILES string of the molecule is CCCCCCCCCCCCCCCCCC(=O)OCC(CCCCCCC)CCCCCCCC. The van der Waals surface area contributed by atoms with Gasteiger partial charge in [0.05, 0.1) is 6.61 Å². The molecule has 0 saturated carbocycles.